The van der Waals surface area contributed by atoms with Gasteiger partial charge in [-0.1, -0.05) is 24.3 Å². The van der Waals surface area contributed by atoms with E-state index in [1.807, 2.05) is 7.05 Å². The number of nitrogens with zero attached hydrogens (tertiary/aromatic N) is 3. The molecule has 0 bridgehead atoms. The number of benzene rings is 2. The van der Waals surface area contributed by atoms with Gasteiger partial charge in [0.2, 0.25) is 5.91 Å². The summed E-state index contributed by atoms with van der Waals surface area (Å²) in [6.07, 6.45) is 4.10. The molecule has 1 fully saturated rings. The van der Waals surface area contributed by atoms with E-state index in [1.54, 1.807) is 19.1 Å². The van der Waals surface area contributed by atoms with E-state index in [0.29, 0.717) is 24.2 Å². The predicted octanol–water partition coefficient (Wildman–Crippen LogP) is 4.35. The molecule has 1 aliphatic rings. The van der Waals surface area contributed by atoms with E-state index in [4.69, 9.17) is 0 Å². The van der Waals surface area contributed by atoms with Crippen LogP contribution in [0.15, 0.2) is 42.5 Å². The van der Waals surface area contributed by atoms with Gasteiger partial charge >= 0.3 is 0 Å². The summed E-state index contributed by atoms with van der Waals surface area (Å²) in [6, 6.07) is 13.2. The van der Waals surface area contributed by atoms with Crippen LogP contribution in [0.1, 0.15) is 36.8 Å². The minimum Gasteiger partial charge on any atom is -0.371 e. The molecule has 0 radical (unpaired) electrons. The summed E-state index contributed by atoms with van der Waals surface area (Å²) < 4.78 is 0. The standard InChI is InChI=1S/C23H30N4O3/c1-18-20(10-8-12-21(18)27(29)30)24-23(28)13-16-25(2)17-19-9-4-5-11-22(19)26-14-6-3-7-15-26/h4-5,8-12H,3,6-7,13-17H2,1-2H3,(H,24,28). The molecule has 0 atom stereocenters. The first-order valence-electron chi connectivity index (χ1n) is 10.5. The number of nitrogens with one attached hydrogen (secondary N) is 1. The van der Waals surface area contributed by atoms with Crippen molar-refractivity contribution < 1.29 is 9.72 Å². The van der Waals surface area contributed by atoms with Crippen LogP contribution in [0.2, 0.25) is 0 Å². The highest BCUT2D eigenvalue weighted by Crippen LogP contribution is 2.26. The van der Waals surface area contributed by atoms with Crippen LogP contribution >= 0.6 is 0 Å². The Morgan fingerprint density at radius 1 is 1.13 bits per heavy atom. The minimum atomic E-state index is -0.432. The smallest absolute Gasteiger partial charge is 0.274 e. The van der Waals surface area contributed by atoms with Crippen LogP contribution in [0.5, 0.6) is 0 Å². The Morgan fingerprint density at radius 3 is 2.60 bits per heavy atom. The monoisotopic (exact) mass is 410 g/mol. The largest absolute Gasteiger partial charge is 0.371 e. The summed E-state index contributed by atoms with van der Waals surface area (Å²) in [6.45, 7) is 5.23. The van der Waals surface area contributed by atoms with Gasteiger partial charge in [0.1, 0.15) is 0 Å². The highest BCUT2D eigenvalue weighted by molar-refractivity contribution is 5.92. The number of anilines is 2. The molecule has 7 heteroatoms. The Balaban J connectivity index is 1.55. The van der Waals surface area contributed by atoms with Crippen molar-refractivity contribution in [1.82, 2.24) is 4.90 Å². The minimum absolute atomic E-state index is 0.0132. The molecule has 7 nitrogen and oxygen atoms in total. The van der Waals surface area contributed by atoms with E-state index in [0.717, 1.165) is 19.6 Å². The van der Waals surface area contributed by atoms with E-state index in [9.17, 15) is 14.9 Å². The average Bonchev–Trinajstić information content (AvgIpc) is 2.74. The molecule has 1 amide bonds. The molecular formula is C23H30N4O3. The number of nitro benzene ring substituents is 1. The highest BCUT2D eigenvalue weighted by Gasteiger charge is 2.17. The van der Waals surface area contributed by atoms with Gasteiger partial charge in [0.05, 0.1) is 16.2 Å². The Labute approximate surface area is 177 Å². The van der Waals surface area contributed by atoms with Gasteiger partial charge in [0, 0.05) is 44.4 Å². The highest BCUT2D eigenvalue weighted by atomic mass is 16.6. The Kier molecular flexibility index (Phi) is 7.41. The van der Waals surface area contributed by atoms with Crippen LogP contribution in [0.4, 0.5) is 17.1 Å². The lowest BCUT2D eigenvalue weighted by Gasteiger charge is -2.31. The molecule has 0 spiro atoms. The third-order valence-electron chi connectivity index (χ3n) is 5.63. The molecule has 0 aromatic heterocycles. The fourth-order valence-electron chi connectivity index (χ4n) is 3.92. The Hall–Kier alpha value is -2.93. The maximum absolute atomic E-state index is 12.4. The summed E-state index contributed by atoms with van der Waals surface area (Å²) in [5, 5.41) is 13.9. The molecule has 1 N–H and O–H groups in total. The van der Waals surface area contributed by atoms with Gasteiger partial charge in [-0.2, -0.15) is 0 Å². The van der Waals surface area contributed by atoms with Crippen LogP contribution in [0, 0.1) is 17.0 Å². The van der Waals surface area contributed by atoms with Crippen LogP contribution in [-0.2, 0) is 11.3 Å². The normalized spacial score (nSPS) is 14.0. The zero-order chi connectivity index (χ0) is 21.5. The van der Waals surface area contributed by atoms with Crippen molar-refractivity contribution in [3.63, 3.8) is 0 Å². The van der Waals surface area contributed by atoms with Gasteiger partial charge in [0.25, 0.3) is 5.69 Å². The van der Waals surface area contributed by atoms with E-state index in [1.165, 1.54) is 36.6 Å². The second kappa shape index (κ2) is 10.2. The second-order valence-corrected chi connectivity index (χ2v) is 7.92. The number of nitro groups is 1. The SMILES string of the molecule is Cc1c(NC(=O)CCN(C)Cc2ccccc2N2CCCCC2)cccc1[N+](=O)[O-]. The average molecular weight is 411 g/mol. The summed E-state index contributed by atoms with van der Waals surface area (Å²) >= 11 is 0. The van der Waals surface area contributed by atoms with Gasteiger partial charge in [-0.05, 0) is 50.9 Å². The molecule has 1 aliphatic heterocycles. The van der Waals surface area contributed by atoms with Crippen LogP contribution in [-0.4, -0.2) is 42.4 Å². The number of amides is 1. The van der Waals surface area contributed by atoms with Gasteiger partial charge < -0.3 is 15.1 Å². The zero-order valence-corrected chi connectivity index (χ0v) is 17.8. The van der Waals surface area contributed by atoms with Gasteiger partial charge in [0.15, 0.2) is 0 Å². The predicted molar refractivity (Wildman–Crippen MR) is 120 cm³/mol. The van der Waals surface area contributed by atoms with E-state index < -0.39 is 4.92 Å². The second-order valence-electron chi connectivity index (χ2n) is 7.92. The molecule has 3 rings (SSSR count). The van der Waals surface area contributed by atoms with E-state index >= 15 is 0 Å². The molecule has 1 saturated heterocycles. The van der Waals surface area contributed by atoms with Crippen molar-refractivity contribution in [3.8, 4) is 0 Å². The van der Waals surface area contributed by atoms with Crippen molar-refractivity contribution >= 4 is 23.0 Å². The quantitative estimate of drug-likeness (QED) is 0.517. The number of para-hydroxylation sites is 1. The van der Waals surface area contributed by atoms with Crippen LogP contribution in [0.25, 0.3) is 0 Å². The van der Waals surface area contributed by atoms with E-state index in [-0.39, 0.29) is 11.6 Å². The lowest BCUT2D eigenvalue weighted by atomic mass is 10.1. The summed E-state index contributed by atoms with van der Waals surface area (Å²) in [4.78, 5) is 27.6. The Bertz CT molecular complexity index is 894. The summed E-state index contributed by atoms with van der Waals surface area (Å²) in [5.41, 5.74) is 3.55. The first-order chi connectivity index (χ1) is 14.5. The number of carbonyl (C=O) groups excluding carboxylic acids is 1. The lowest BCUT2D eigenvalue weighted by molar-refractivity contribution is -0.385. The molecule has 2 aromatic rings. The molecule has 30 heavy (non-hydrogen) atoms. The number of rotatable bonds is 8. The third-order valence-corrected chi connectivity index (χ3v) is 5.63. The first kappa shape index (κ1) is 21.8. The summed E-state index contributed by atoms with van der Waals surface area (Å²) in [5.74, 6) is -0.144. The van der Waals surface area contributed by atoms with Crippen molar-refractivity contribution in [3.05, 3.63) is 63.7 Å². The topological polar surface area (TPSA) is 78.7 Å². The molecule has 1 heterocycles. The number of piperidine rings is 1. The maximum Gasteiger partial charge on any atom is 0.274 e. The number of hydrogen-bond acceptors (Lipinski definition) is 5. The first-order valence-corrected chi connectivity index (χ1v) is 10.5. The lowest BCUT2D eigenvalue weighted by Crippen LogP contribution is -2.31. The number of hydrogen-bond donors (Lipinski definition) is 1. The van der Waals surface area contributed by atoms with Crippen molar-refractivity contribution in [1.29, 1.82) is 0 Å². The molecule has 0 saturated carbocycles. The molecule has 160 valence electrons. The van der Waals surface area contributed by atoms with Crippen molar-refractivity contribution in [2.45, 2.75) is 39.2 Å². The van der Waals surface area contributed by atoms with Crippen molar-refractivity contribution in [2.75, 3.05) is 36.9 Å². The van der Waals surface area contributed by atoms with Crippen LogP contribution < -0.4 is 10.2 Å². The van der Waals surface area contributed by atoms with E-state index in [2.05, 4.69) is 39.4 Å². The molecule has 2 aromatic carbocycles. The van der Waals surface area contributed by atoms with Gasteiger partial charge in [-0.25, -0.2) is 0 Å². The van der Waals surface area contributed by atoms with Crippen molar-refractivity contribution in [2.24, 2.45) is 0 Å². The Morgan fingerprint density at radius 2 is 1.87 bits per heavy atom. The third kappa shape index (κ3) is 5.57. The zero-order valence-electron chi connectivity index (χ0n) is 17.8. The molecule has 0 unspecified atom stereocenters. The fourth-order valence-corrected chi connectivity index (χ4v) is 3.92. The van der Waals surface area contributed by atoms with Crippen LogP contribution in [0.3, 0.4) is 0 Å². The fraction of sp³-hybridized carbons (Fsp3) is 0.435. The summed E-state index contributed by atoms with van der Waals surface area (Å²) in [7, 11) is 2.01. The molecular weight excluding hydrogens is 380 g/mol. The maximum atomic E-state index is 12.4. The molecule has 0 aliphatic carbocycles. The number of carbonyl (C=O) groups is 1. The van der Waals surface area contributed by atoms with Gasteiger partial charge in [-0.3, -0.25) is 14.9 Å². The van der Waals surface area contributed by atoms with Gasteiger partial charge in [-0.15, -0.1) is 0 Å².